The van der Waals surface area contributed by atoms with E-state index in [0.717, 1.165) is 36.8 Å². The number of ether oxygens (including phenoxy) is 1. The average molecular weight is 504 g/mol. The van der Waals surface area contributed by atoms with Crippen molar-refractivity contribution in [3.05, 3.63) is 92.6 Å². The van der Waals surface area contributed by atoms with Gasteiger partial charge in [-0.25, -0.2) is 0 Å². The first kappa shape index (κ1) is 23.3. The molecule has 1 aliphatic heterocycles. The largest absolute Gasteiger partial charge is 0.481 e. The zero-order valence-electron chi connectivity index (χ0n) is 20.2. The van der Waals surface area contributed by atoms with Crippen LogP contribution in [0.4, 0.5) is 0 Å². The molecule has 1 amide bonds. The lowest BCUT2D eigenvalue weighted by Crippen LogP contribution is -2.45. The zero-order valence-corrected chi connectivity index (χ0v) is 21.0. The molecule has 3 aromatic rings. The van der Waals surface area contributed by atoms with Gasteiger partial charge in [0.1, 0.15) is 12.4 Å². The summed E-state index contributed by atoms with van der Waals surface area (Å²) in [6, 6.07) is 17.8. The first-order valence-corrected chi connectivity index (χ1v) is 13.4. The Hall–Kier alpha value is -3.12. The van der Waals surface area contributed by atoms with Crippen molar-refractivity contribution >= 4 is 17.5 Å². The van der Waals surface area contributed by atoms with Gasteiger partial charge < -0.3 is 14.2 Å². The number of carbonyl (C=O) groups is 1. The first-order chi connectivity index (χ1) is 17.6. The normalized spacial score (nSPS) is 18.8. The first-order valence-electron chi connectivity index (χ1n) is 13.0. The smallest absolute Gasteiger partial charge is 0.316 e. The Morgan fingerprint density at radius 1 is 0.944 bits per heavy atom. The average Bonchev–Trinajstić information content (AvgIpc) is 3.60. The van der Waals surface area contributed by atoms with Crippen LogP contribution in [0.2, 0.25) is 5.02 Å². The number of fused-ring (bicyclic) bond motifs is 1. The van der Waals surface area contributed by atoms with Gasteiger partial charge in [0, 0.05) is 30.1 Å². The lowest BCUT2D eigenvalue weighted by Gasteiger charge is -2.34. The maximum absolute atomic E-state index is 13.8. The molecule has 7 heteroatoms. The van der Waals surface area contributed by atoms with Crippen molar-refractivity contribution in [1.82, 2.24) is 14.5 Å². The van der Waals surface area contributed by atoms with Crippen LogP contribution < -0.4 is 10.3 Å². The number of hydrogen-bond acceptors (Lipinski definition) is 4. The summed E-state index contributed by atoms with van der Waals surface area (Å²) < 4.78 is 8.05. The van der Waals surface area contributed by atoms with Crippen LogP contribution in [-0.2, 0) is 13.2 Å². The minimum Gasteiger partial charge on any atom is -0.481 e. The molecule has 6 rings (SSSR count). The monoisotopic (exact) mass is 503 g/mol. The van der Waals surface area contributed by atoms with E-state index in [1.807, 2.05) is 64.1 Å². The predicted molar refractivity (Wildman–Crippen MR) is 139 cm³/mol. The molecule has 0 bridgehead atoms. The van der Waals surface area contributed by atoms with Crippen molar-refractivity contribution < 1.29 is 9.53 Å². The van der Waals surface area contributed by atoms with E-state index in [9.17, 15) is 9.59 Å². The summed E-state index contributed by atoms with van der Waals surface area (Å²) in [5, 5.41) is 0.677. The molecule has 2 fully saturated rings. The van der Waals surface area contributed by atoms with E-state index in [-0.39, 0.29) is 30.2 Å². The number of amides is 1. The summed E-state index contributed by atoms with van der Waals surface area (Å²) in [7, 11) is 0. The second-order valence-electron chi connectivity index (χ2n) is 10.2. The van der Waals surface area contributed by atoms with Crippen LogP contribution in [-0.4, -0.2) is 32.9 Å². The predicted octanol–water partition coefficient (Wildman–Crippen LogP) is 5.42. The second-order valence-corrected chi connectivity index (χ2v) is 10.6. The van der Waals surface area contributed by atoms with Crippen LogP contribution in [0.5, 0.6) is 5.75 Å². The van der Waals surface area contributed by atoms with Gasteiger partial charge in [0.2, 0.25) is 5.75 Å². The topological polar surface area (TPSA) is 64.4 Å². The molecule has 2 heterocycles. The molecule has 1 aromatic heterocycles. The van der Waals surface area contributed by atoms with Gasteiger partial charge in [-0.2, -0.15) is 4.98 Å². The fraction of sp³-hybridized carbons (Fsp3) is 0.414. The molecule has 0 radical (unpaired) electrons. The summed E-state index contributed by atoms with van der Waals surface area (Å²) in [6.07, 6.45) is 6.52. The molecule has 3 aliphatic rings. The summed E-state index contributed by atoms with van der Waals surface area (Å²) in [5.41, 5.74) is 1.92. The fourth-order valence-electron chi connectivity index (χ4n) is 5.86. The van der Waals surface area contributed by atoms with E-state index in [2.05, 4.69) is 4.98 Å². The quantitative estimate of drug-likeness (QED) is 0.432. The Labute approximate surface area is 215 Å². The minimum atomic E-state index is -0.463. The molecule has 36 heavy (non-hydrogen) atoms. The molecule has 6 nitrogen and oxygen atoms in total. The van der Waals surface area contributed by atoms with Crippen LogP contribution in [0, 0.1) is 5.92 Å². The summed E-state index contributed by atoms with van der Waals surface area (Å²) >= 11 is 6.20. The summed E-state index contributed by atoms with van der Waals surface area (Å²) in [4.78, 5) is 33.9. The van der Waals surface area contributed by atoms with Crippen molar-refractivity contribution in [3.63, 3.8) is 0 Å². The Morgan fingerprint density at radius 3 is 2.36 bits per heavy atom. The molecule has 1 atom stereocenters. The molecule has 2 aliphatic carbocycles. The summed E-state index contributed by atoms with van der Waals surface area (Å²) in [5.74, 6) is 0.926. The standard InChI is InChI=1S/C29H30ClN3O3/c30-22-12-10-21(11-13-22)24(20-8-4-5-9-20)27-31-28(34)26(36-18-19-6-2-1-3-7-19)25-29(35)32(23-14-15-23)16-17-33(25)27/h1-3,6-7,10-13,20,23-24H,4-5,8-9,14-18H2. The number of aromatic nitrogens is 2. The van der Waals surface area contributed by atoms with E-state index in [4.69, 9.17) is 16.3 Å². The number of hydrogen-bond donors (Lipinski definition) is 0. The van der Waals surface area contributed by atoms with Crippen LogP contribution in [0.1, 0.15) is 71.9 Å². The van der Waals surface area contributed by atoms with Crippen molar-refractivity contribution in [2.75, 3.05) is 6.54 Å². The second kappa shape index (κ2) is 9.74. The third-order valence-corrected chi connectivity index (χ3v) is 8.04. The van der Waals surface area contributed by atoms with E-state index >= 15 is 0 Å². The number of rotatable bonds is 7. The van der Waals surface area contributed by atoms with E-state index in [1.165, 1.54) is 12.8 Å². The number of carbonyl (C=O) groups excluding carboxylic acids is 1. The highest BCUT2D eigenvalue weighted by atomic mass is 35.5. The molecule has 2 saturated carbocycles. The molecule has 186 valence electrons. The van der Waals surface area contributed by atoms with Crippen LogP contribution >= 0.6 is 11.6 Å². The van der Waals surface area contributed by atoms with E-state index in [1.54, 1.807) is 0 Å². The zero-order chi connectivity index (χ0) is 24.6. The number of halogens is 1. The maximum Gasteiger partial charge on any atom is 0.316 e. The van der Waals surface area contributed by atoms with Gasteiger partial charge in [0.05, 0.1) is 0 Å². The molecule has 0 saturated heterocycles. The molecule has 0 N–H and O–H groups in total. The molecule has 1 unspecified atom stereocenters. The van der Waals surface area contributed by atoms with Gasteiger partial charge in [0.15, 0.2) is 5.69 Å². The van der Waals surface area contributed by atoms with E-state index < -0.39 is 5.56 Å². The minimum absolute atomic E-state index is 0.0687. The Bertz CT molecular complexity index is 1310. The van der Waals surface area contributed by atoms with Crippen molar-refractivity contribution in [2.24, 2.45) is 5.92 Å². The Morgan fingerprint density at radius 2 is 1.67 bits per heavy atom. The van der Waals surface area contributed by atoms with Gasteiger partial charge in [-0.05, 0) is 54.9 Å². The van der Waals surface area contributed by atoms with Crippen molar-refractivity contribution in [2.45, 2.75) is 63.6 Å². The van der Waals surface area contributed by atoms with Gasteiger partial charge >= 0.3 is 5.56 Å². The van der Waals surface area contributed by atoms with Gasteiger partial charge in [-0.3, -0.25) is 9.59 Å². The Balaban J connectivity index is 1.47. The highest BCUT2D eigenvalue weighted by molar-refractivity contribution is 6.30. The van der Waals surface area contributed by atoms with Crippen LogP contribution in [0.25, 0.3) is 0 Å². The van der Waals surface area contributed by atoms with Crippen molar-refractivity contribution in [1.29, 1.82) is 0 Å². The van der Waals surface area contributed by atoms with Crippen LogP contribution in [0.3, 0.4) is 0 Å². The molecule has 0 spiro atoms. The van der Waals surface area contributed by atoms with Crippen LogP contribution in [0.15, 0.2) is 59.4 Å². The van der Waals surface area contributed by atoms with Crippen molar-refractivity contribution in [3.8, 4) is 5.75 Å². The third kappa shape index (κ3) is 4.43. The summed E-state index contributed by atoms with van der Waals surface area (Å²) in [6.45, 7) is 1.45. The lowest BCUT2D eigenvalue weighted by molar-refractivity contribution is 0.0674. The lowest BCUT2D eigenvalue weighted by atomic mass is 9.83. The van der Waals surface area contributed by atoms with Gasteiger partial charge in [-0.1, -0.05) is 66.9 Å². The molecular weight excluding hydrogens is 474 g/mol. The highest BCUT2D eigenvalue weighted by Crippen LogP contribution is 2.42. The number of benzene rings is 2. The molecular formula is C29H30ClN3O3. The SMILES string of the molecule is O=C1c2c(OCc3ccccc3)c(=O)nc(C(c3ccc(Cl)cc3)C3CCCC3)n2CCN1C1CC1. The Kier molecular flexibility index (Phi) is 6.30. The highest BCUT2D eigenvalue weighted by Gasteiger charge is 2.41. The fourth-order valence-corrected chi connectivity index (χ4v) is 5.99. The van der Waals surface area contributed by atoms with Gasteiger partial charge in [0.25, 0.3) is 5.91 Å². The third-order valence-electron chi connectivity index (χ3n) is 7.79. The van der Waals surface area contributed by atoms with Gasteiger partial charge in [-0.15, -0.1) is 0 Å². The number of nitrogens with zero attached hydrogens (tertiary/aromatic N) is 3. The van der Waals surface area contributed by atoms with E-state index in [0.29, 0.717) is 35.5 Å². The maximum atomic E-state index is 13.8. The molecule has 2 aromatic carbocycles.